The van der Waals surface area contributed by atoms with Crippen LogP contribution < -0.4 is 9.47 Å². The van der Waals surface area contributed by atoms with Crippen LogP contribution in [0.25, 0.3) is 0 Å². The Morgan fingerprint density at radius 2 is 1.71 bits per heavy atom. The maximum Gasteiger partial charge on any atom is 0.423 e. The van der Waals surface area contributed by atoms with E-state index in [0.29, 0.717) is 5.56 Å². The molecule has 0 amide bonds. The Morgan fingerprint density at radius 3 is 2.25 bits per heavy atom. The predicted octanol–water partition coefficient (Wildman–Crippen LogP) is 2.97. The molecule has 0 fully saturated rings. The van der Waals surface area contributed by atoms with E-state index in [9.17, 15) is 31.1 Å². The fraction of sp³-hybridized carbons (Fsp3) is 0.462. The Morgan fingerprint density at radius 1 is 1.12 bits per heavy atom. The minimum atomic E-state index is -5.68. The number of carbonyl (C=O) groups excluding carboxylic acids is 1. The van der Waals surface area contributed by atoms with Crippen molar-refractivity contribution >= 4 is 5.97 Å². The number of ether oxygens (including phenoxy) is 4. The van der Waals surface area contributed by atoms with Crippen molar-refractivity contribution in [2.75, 3.05) is 7.11 Å². The number of alkyl halides is 6. The lowest BCUT2D eigenvalue weighted by Gasteiger charge is -2.24. The molecular formula is C13H10F6O5. The number of esters is 1. The number of carbonyl (C=O) groups is 1. The molecule has 1 atom stereocenters. The Labute approximate surface area is 131 Å². The van der Waals surface area contributed by atoms with Gasteiger partial charge in [-0.1, -0.05) is 6.07 Å². The highest BCUT2D eigenvalue weighted by Gasteiger charge is 2.59. The summed E-state index contributed by atoms with van der Waals surface area (Å²) >= 11 is 0. The van der Waals surface area contributed by atoms with Crippen molar-refractivity contribution in [2.24, 2.45) is 0 Å². The summed E-state index contributed by atoms with van der Waals surface area (Å²) in [5.41, 5.74) is 0.369. The topological polar surface area (TPSA) is 54.0 Å². The Kier molecular flexibility index (Phi) is 4.83. The first-order valence-corrected chi connectivity index (χ1v) is 6.32. The summed E-state index contributed by atoms with van der Waals surface area (Å²) in [5, 5.41) is 0. The molecule has 0 aromatic heterocycles. The van der Waals surface area contributed by atoms with Crippen molar-refractivity contribution in [2.45, 2.75) is 31.4 Å². The van der Waals surface area contributed by atoms with Gasteiger partial charge in [-0.2, -0.15) is 26.3 Å². The van der Waals surface area contributed by atoms with Gasteiger partial charge < -0.3 is 14.2 Å². The van der Waals surface area contributed by atoms with E-state index < -0.39 is 30.9 Å². The third-order valence-corrected chi connectivity index (χ3v) is 2.87. The molecule has 0 saturated heterocycles. The largest absolute Gasteiger partial charge is 0.469 e. The van der Waals surface area contributed by atoms with E-state index >= 15 is 0 Å². The van der Waals surface area contributed by atoms with E-state index in [4.69, 9.17) is 9.47 Å². The molecule has 5 nitrogen and oxygen atoms in total. The number of hydrogen-bond acceptors (Lipinski definition) is 5. The summed E-state index contributed by atoms with van der Waals surface area (Å²) in [7, 11) is 1.16. The van der Waals surface area contributed by atoms with Crippen molar-refractivity contribution in [3.05, 3.63) is 23.8 Å². The first kappa shape index (κ1) is 18.2. The monoisotopic (exact) mass is 360 g/mol. The Balaban J connectivity index is 2.09. The van der Waals surface area contributed by atoms with Gasteiger partial charge in [-0.25, -0.2) is 0 Å². The second-order valence-electron chi connectivity index (χ2n) is 4.66. The predicted molar refractivity (Wildman–Crippen MR) is 64.2 cm³/mol. The molecule has 1 aromatic carbocycles. The van der Waals surface area contributed by atoms with E-state index in [1.165, 1.54) is 18.2 Å². The van der Waals surface area contributed by atoms with Crippen LogP contribution in [0.2, 0.25) is 0 Å². The SMILES string of the molecule is COC(=O)Cc1ccc2c(c1)OC(OC(C(F)(F)F)C(F)(F)F)O2. The lowest BCUT2D eigenvalue weighted by molar-refractivity contribution is -0.364. The van der Waals surface area contributed by atoms with E-state index in [1.807, 2.05) is 0 Å². The highest BCUT2D eigenvalue weighted by atomic mass is 19.4. The van der Waals surface area contributed by atoms with Gasteiger partial charge in [-0.15, -0.1) is 0 Å². The smallest absolute Gasteiger partial charge is 0.423 e. The summed E-state index contributed by atoms with van der Waals surface area (Å²) in [6.07, 6.45) is -15.6. The molecule has 11 heteroatoms. The molecule has 0 saturated carbocycles. The van der Waals surface area contributed by atoms with Crippen molar-refractivity contribution in [1.29, 1.82) is 0 Å². The molecule has 1 aliphatic rings. The summed E-state index contributed by atoms with van der Waals surface area (Å²) in [5.74, 6) is -0.850. The molecule has 0 aliphatic carbocycles. The molecule has 1 heterocycles. The molecule has 0 bridgehead atoms. The number of hydrogen-bond donors (Lipinski definition) is 0. The van der Waals surface area contributed by atoms with Gasteiger partial charge in [0.1, 0.15) is 0 Å². The average molecular weight is 360 g/mol. The first-order valence-electron chi connectivity index (χ1n) is 6.32. The van der Waals surface area contributed by atoms with E-state index in [2.05, 4.69) is 9.47 Å². The van der Waals surface area contributed by atoms with E-state index in [0.717, 1.165) is 7.11 Å². The van der Waals surface area contributed by atoms with Crippen molar-refractivity contribution < 1.29 is 50.1 Å². The van der Waals surface area contributed by atoms with Crippen LogP contribution in [-0.2, 0) is 20.7 Å². The minimum absolute atomic E-state index is 0.114. The molecule has 24 heavy (non-hydrogen) atoms. The quantitative estimate of drug-likeness (QED) is 0.611. The van der Waals surface area contributed by atoms with Gasteiger partial charge in [0.05, 0.1) is 13.5 Å². The van der Waals surface area contributed by atoms with Crippen LogP contribution in [-0.4, -0.2) is 38.0 Å². The summed E-state index contributed by atoms with van der Waals surface area (Å²) in [6, 6.07) is 3.84. The van der Waals surface area contributed by atoms with Crippen LogP contribution in [0.4, 0.5) is 26.3 Å². The lowest BCUT2D eigenvalue weighted by Crippen LogP contribution is -2.47. The van der Waals surface area contributed by atoms with Crippen LogP contribution >= 0.6 is 0 Å². The van der Waals surface area contributed by atoms with E-state index in [1.54, 1.807) is 0 Å². The standard InChI is InChI=1S/C13H10F6O5/c1-21-9(20)5-6-2-3-7-8(4-6)23-11(22-7)24-10(12(14,15)16)13(17,18)19/h2-4,10-11H,5H2,1H3. The van der Waals surface area contributed by atoms with Crippen molar-refractivity contribution in [3.63, 3.8) is 0 Å². The molecular weight excluding hydrogens is 350 g/mol. The third-order valence-electron chi connectivity index (χ3n) is 2.87. The molecule has 2 rings (SSSR count). The van der Waals surface area contributed by atoms with Gasteiger partial charge in [0.2, 0.25) is 0 Å². The molecule has 134 valence electrons. The zero-order valence-electron chi connectivity index (χ0n) is 11.9. The highest BCUT2D eigenvalue weighted by molar-refractivity contribution is 5.72. The molecule has 0 spiro atoms. The number of methoxy groups -OCH3 is 1. The maximum atomic E-state index is 12.4. The second kappa shape index (κ2) is 6.38. The summed E-state index contributed by atoms with van der Waals surface area (Å²) in [6.45, 7) is -2.22. The van der Waals surface area contributed by atoms with Crippen LogP contribution in [0.5, 0.6) is 11.5 Å². The van der Waals surface area contributed by atoms with Gasteiger partial charge in [0, 0.05) is 0 Å². The first-order chi connectivity index (χ1) is 11.0. The lowest BCUT2D eigenvalue weighted by atomic mass is 10.1. The second-order valence-corrected chi connectivity index (χ2v) is 4.66. The number of rotatable bonds is 4. The van der Waals surface area contributed by atoms with Crippen LogP contribution in [0.15, 0.2) is 18.2 Å². The third kappa shape index (κ3) is 4.22. The number of benzene rings is 1. The number of halogens is 6. The van der Waals surface area contributed by atoms with Gasteiger partial charge in [-0.3, -0.25) is 9.53 Å². The van der Waals surface area contributed by atoms with E-state index in [-0.39, 0.29) is 17.9 Å². The van der Waals surface area contributed by atoms with Gasteiger partial charge >= 0.3 is 24.8 Å². The van der Waals surface area contributed by atoms with Gasteiger partial charge in [-0.05, 0) is 17.7 Å². The maximum absolute atomic E-state index is 12.4. The minimum Gasteiger partial charge on any atom is -0.469 e. The average Bonchev–Trinajstić information content (AvgIpc) is 2.84. The molecule has 0 radical (unpaired) electrons. The fourth-order valence-corrected chi connectivity index (χ4v) is 1.83. The normalized spacial score (nSPS) is 17.2. The van der Waals surface area contributed by atoms with Crippen LogP contribution in [0, 0.1) is 0 Å². The Hall–Kier alpha value is -2.17. The van der Waals surface area contributed by atoms with Crippen molar-refractivity contribution in [1.82, 2.24) is 0 Å². The summed E-state index contributed by atoms with van der Waals surface area (Å²) in [4.78, 5) is 11.1. The fourth-order valence-electron chi connectivity index (χ4n) is 1.83. The highest BCUT2D eigenvalue weighted by Crippen LogP contribution is 2.40. The molecule has 1 aliphatic heterocycles. The van der Waals surface area contributed by atoms with Crippen LogP contribution in [0.3, 0.4) is 0 Å². The zero-order valence-corrected chi connectivity index (χ0v) is 11.9. The molecule has 1 aromatic rings. The number of fused-ring (bicyclic) bond motifs is 1. The van der Waals surface area contributed by atoms with Gasteiger partial charge in [0.25, 0.3) is 6.10 Å². The molecule has 0 N–H and O–H groups in total. The van der Waals surface area contributed by atoms with Crippen molar-refractivity contribution in [3.8, 4) is 11.5 Å². The van der Waals surface area contributed by atoms with Gasteiger partial charge in [0.15, 0.2) is 11.5 Å². The zero-order chi connectivity index (χ0) is 18.1. The van der Waals surface area contributed by atoms with Crippen LogP contribution in [0.1, 0.15) is 5.56 Å². The Bertz CT molecular complexity index is 598. The summed E-state index contributed by atoms with van der Waals surface area (Å²) < 4.78 is 92.5. The molecule has 1 unspecified atom stereocenters.